The molecule has 8 aromatic rings. The van der Waals surface area contributed by atoms with Crippen molar-refractivity contribution < 1.29 is 0 Å². The van der Waals surface area contributed by atoms with Crippen LogP contribution in [0.2, 0.25) is 0 Å². The van der Waals surface area contributed by atoms with Crippen LogP contribution < -0.4 is 0 Å². The second-order valence-corrected chi connectivity index (χ2v) is 13.3. The predicted octanol–water partition coefficient (Wildman–Crippen LogP) is 13.3. The molecule has 0 saturated heterocycles. The van der Waals surface area contributed by atoms with Crippen LogP contribution in [0.5, 0.6) is 0 Å². The van der Waals surface area contributed by atoms with Gasteiger partial charge in [-0.3, -0.25) is 0 Å². The molecule has 1 aliphatic rings. The van der Waals surface area contributed by atoms with Gasteiger partial charge >= 0.3 is 0 Å². The molecule has 0 N–H and O–H groups in total. The number of hydrogen-bond donors (Lipinski definition) is 0. The van der Waals surface area contributed by atoms with Gasteiger partial charge in [-0.25, -0.2) is 9.97 Å². The molecule has 0 atom stereocenters. The first-order chi connectivity index (χ1) is 25.2. The molecule has 0 unspecified atom stereocenters. The fourth-order valence-corrected chi connectivity index (χ4v) is 7.31. The Morgan fingerprint density at radius 1 is 0.490 bits per heavy atom. The summed E-state index contributed by atoms with van der Waals surface area (Å²) in [6.07, 6.45) is 11.0. The molecule has 51 heavy (non-hydrogen) atoms. The second-order valence-electron chi connectivity index (χ2n) is 13.3. The van der Waals surface area contributed by atoms with Crippen LogP contribution in [-0.4, -0.2) is 9.97 Å². The van der Waals surface area contributed by atoms with Gasteiger partial charge in [0.15, 0.2) is 5.82 Å². The van der Waals surface area contributed by atoms with Crippen LogP contribution in [0.3, 0.4) is 0 Å². The molecule has 0 aliphatic heterocycles. The minimum atomic E-state index is 0.716. The van der Waals surface area contributed by atoms with E-state index in [1.807, 2.05) is 0 Å². The quantitative estimate of drug-likeness (QED) is 0.167. The molecule has 1 aromatic heterocycles. The van der Waals surface area contributed by atoms with E-state index in [0.717, 1.165) is 40.9 Å². The van der Waals surface area contributed by atoms with Crippen LogP contribution in [-0.2, 0) is 0 Å². The molecule has 7 aromatic carbocycles. The first kappa shape index (κ1) is 30.7. The topological polar surface area (TPSA) is 25.8 Å². The van der Waals surface area contributed by atoms with Crippen LogP contribution in [0.25, 0.3) is 82.9 Å². The molecule has 242 valence electrons. The highest BCUT2D eigenvalue weighted by Gasteiger charge is 2.14. The van der Waals surface area contributed by atoms with Crippen LogP contribution in [0.4, 0.5) is 0 Å². The summed E-state index contributed by atoms with van der Waals surface area (Å²) < 4.78 is 0. The highest BCUT2D eigenvalue weighted by molar-refractivity contribution is 6.13. The Balaban J connectivity index is 1.15. The Morgan fingerprint density at radius 2 is 1.16 bits per heavy atom. The SMILES string of the molecule is CCC1=CC=CC(c2cccc(-c3cc(-c4ccc(-c5cc6ccccc6c6ccccc56)cc4)nc(-c4ccc5ccccc5c4)n3)c2)=CC1. The third kappa shape index (κ3) is 5.96. The normalized spacial score (nSPS) is 13.0. The lowest BCUT2D eigenvalue weighted by Gasteiger charge is -2.13. The largest absolute Gasteiger partial charge is 0.228 e. The highest BCUT2D eigenvalue weighted by atomic mass is 14.9. The zero-order valence-corrected chi connectivity index (χ0v) is 28.6. The standard InChI is InChI=1S/C49H36N2/c1-2-33-11-9-15-35(22-21-33)39-16-10-17-41(29-39)48-32-47(50-49(51-48)42-28-23-34-12-3-4-13-38(34)30-42)37-26-24-36(25-27-37)46-31-40-14-5-6-18-43(40)44-19-7-8-20-45(44)46/h3-20,22-32H,2,21H2,1H3. The Morgan fingerprint density at radius 3 is 1.98 bits per heavy atom. The monoisotopic (exact) mass is 652 g/mol. The fourth-order valence-electron chi connectivity index (χ4n) is 7.31. The van der Waals surface area contributed by atoms with Gasteiger partial charge in [0.25, 0.3) is 0 Å². The minimum absolute atomic E-state index is 0.716. The van der Waals surface area contributed by atoms with Crippen molar-refractivity contribution in [2.24, 2.45) is 0 Å². The van der Waals surface area contributed by atoms with Crippen LogP contribution in [0.1, 0.15) is 25.3 Å². The number of nitrogens with zero attached hydrogens (tertiary/aromatic N) is 2. The molecule has 9 rings (SSSR count). The van der Waals surface area contributed by atoms with Crippen molar-refractivity contribution in [3.63, 3.8) is 0 Å². The van der Waals surface area contributed by atoms with Gasteiger partial charge in [0, 0.05) is 16.7 Å². The predicted molar refractivity (Wildman–Crippen MR) is 216 cm³/mol. The summed E-state index contributed by atoms with van der Waals surface area (Å²) in [4.78, 5) is 10.4. The van der Waals surface area contributed by atoms with E-state index in [1.54, 1.807) is 0 Å². The van der Waals surface area contributed by atoms with E-state index in [-0.39, 0.29) is 0 Å². The average Bonchev–Trinajstić information content (AvgIpc) is 3.46. The number of hydrogen-bond acceptors (Lipinski definition) is 2. The van der Waals surface area contributed by atoms with Gasteiger partial charge in [-0.15, -0.1) is 0 Å². The lowest BCUT2D eigenvalue weighted by Crippen LogP contribution is -1.96. The van der Waals surface area contributed by atoms with Crippen molar-refractivity contribution >= 4 is 37.9 Å². The summed E-state index contributed by atoms with van der Waals surface area (Å²) in [5.74, 6) is 0.716. The Kier molecular flexibility index (Phi) is 7.91. The van der Waals surface area contributed by atoms with Crippen LogP contribution >= 0.6 is 0 Å². The van der Waals surface area contributed by atoms with Crippen LogP contribution in [0, 0.1) is 0 Å². The molecule has 1 heterocycles. The fraction of sp³-hybridized carbons (Fsp3) is 0.0612. The van der Waals surface area contributed by atoms with Crippen molar-refractivity contribution in [2.75, 3.05) is 0 Å². The molecule has 0 saturated carbocycles. The van der Waals surface area contributed by atoms with Gasteiger partial charge in [-0.1, -0.05) is 164 Å². The Hall–Kier alpha value is -6.38. The number of benzene rings is 7. The third-order valence-corrected chi connectivity index (χ3v) is 10.1. The van der Waals surface area contributed by atoms with Gasteiger partial charge in [0.2, 0.25) is 0 Å². The number of rotatable bonds is 6. The lowest BCUT2D eigenvalue weighted by atomic mass is 9.92. The first-order valence-electron chi connectivity index (χ1n) is 17.8. The number of allylic oxidation sites excluding steroid dienone is 6. The van der Waals surface area contributed by atoms with Crippen molar-refractivity contribution in [1.82, 2.24) is 9.97 Å². The maximum atomic E-state index is 5.21. The molecule has 0 radical (unpaired) electrons. The van der Waals surface area contributed by atoms with Crippen LogP contribution in [0.15, 0.2) is 182 Å². The molecule has 0 spiro atoms. The van der Waals surface area contributed by atoms with Gasteiger partial charge in [0.05, 0.1) is 11.4 Å². The van der Waals surface area contributed by atoms with E-state index in [9.17, 15) is 0 Å². The van der Waals surface area contributed by atoms with E-state index in [1.165, 1.54) is 60.2 Å². The number of fused-ring (bicyclic) bond motifs is 4. The molecule has 1 aliphatic carbocycles. The first-order valence-corrected chi connectivity index (χ1v) is 17.8. The third-order valence-electron chi connectivity index (χ3n) is 10.1. The molecular weight excluding hydrogens is 617 g/mol. The lowest BCUT2D eigenvalue weighted by molar-refractivity contribution is 1.04. The number of aromatic nitrogens is 2. The van der Waals surface area contributed by atoms with Gasteiger partial charge < -0.3 is 0 Å². The van der Waals surface area contributed by atoms with Gasteiger partial charge in [-0.05, 0) is 91.7 Å². The summed E-state index contributed by atoms with van der Waals surface area (Å²) in [5, 5.41) is 7.43. The molecule has 0 bridgehead atoms. The van der Waals surface area contributed by atoms with E-state index in [4.69, 9.17) is 9.97 Å². The maximum Gasteiger partial charge on any atom is 0.160 e. The van der Waals surface area contributed by atoms with E-state index < -0.39 is 0 Å². The zero-order chi connectivity index (χ0) is 34.1. The summed E-state index contributed by atoms with van der Waals surface area (Å²) in [6, 6.07) is 54.4. The van der Waals surface area contributed by atoms with Crippen molar-refractivity contribution in [1.29, 1.82) is 0 Å². The van der Waals surface area contributed by atoms with Crippen molar-refractivity contribution in [3.8, 4) is 45.0 Å². The van der Waals surface area contributed by atoms with E-state index in [0.29, 0.717) is 5.82 Å². The Labute approximate surface area is 298 Å². The molecule has 0 fully saturated rings. The maximum absolute atomic E-state index is 5.21. The summed E-state index contributed by atoms with van der Waals surface area (Å²) in [5.41, 5.74) is 11.2. The molecule has 2 nitrogen and oxygen atoms in total. The van der Waals surface area contributed by atoms with Crippen molar-refractivity contribution in [3.05, 3.63) is 187 Å². The zero-order valence-electron chi connectivity index (χ0n) is 28.6. The summed E-state index contributed by atoms with van der Waals surface area (Å²) in [6.45, 7) is 2.22. The summed E-state index contributed by atoms with van der Waals surface area (Å²) in [7, 11) is 0. The van der Waals surface area contributed by atoms with Gasteiger partial charge in [0.1, 0.15) is 0 Å². The molecular formula is C49H36N2. The minimum Gasteiger partial charge on any atom is -0.228 e. The smallest absolute Gasteiger partial charge is 0.160 e. The molecule has 0 amide bonds. The van der Waals surface area contributed by atoms with E-state index >= 15 is 0 Å². The van der Waals surface area contributed by atoms with Crippen molar-refractivity contribution in [2.45, 2.75) is 19.8 Å². The second kappa shape index (κ2) is 13.2. The average molecular weight is 653 g/mol. The van der Waals surface area contributed by atoms with Gasteiger partial charge in [-0.2, -0.15) is 0 Å². The highest BCUT2D eigenvalue weighted by Crippen LogP contribution is 2.37. The van der Waals surface area contributed by atoms with E-state index in [2.05, 4.69) is 183 Å². The Bertz CT molecular complexity index is 2690. The molecule has 2 heteroatoms. The summed E-state index contributed by atoms with van der Waals surface area (Å²) >= 11 is 0.